The standard InChI is InChI=1S/C22H32N2O2/c1-26-21-8-4-3-7-18(21)20(24-11-5-2-6-12-24)15-23-22(25)19-14-16-9-10-17(19)13-16/h3-4,7-8,16-17,19-20H,2,5-6,9-15H2,1H3,(H,23,25)/t16-,17-,19+,20-/m0/s1. The third-order valence-corrected chi connectivity index (χ3v) is 6.87. The number of hydrogen-bond donors (Lipinski definition) is 1. The van der Waals surface area contributed by atoms with Crippen LogP contribution in [0, 0.1) is 17.8 Å². The van der Waals surface area contributed by atoms with Gasteiger partial charge in [-0.25, -0.2) is 0 Å². The molecule has 0 aromatic heterocycles. The van der Waals surface area contributed by atoms with Crippen LogP contribution in [0.1, 0.15) is 56.6 Å². The summed E-state index contributed by atoms with van der Waals surface area (Å²) < 4.78 is 5.62. The molecule has 1 heterocycles. The Labute approximate surface area is 157 Å². The summed E-state index contributed by atoms with van der Waals surface area (Å²) in [6.45, 7) is 2.90. The Morgan fingerprint density at radius 1 is 1.19 bits per heavy atom. The van der Waals surface area contributed by atoms with Gasteiger partial charge in [-0.15, -0.1) is 0 Å². The number of piperidine rings is 1. The van der Waals surface area contributed by atoms with Gasteiger partial charge in [0.25, 0.3) is 0 Å². The van der Waals surface area contributed by atoms with Gasteiger partial charge in [0.05, 0.1) is 13.2 Å². The molecule has 1 aromatic rings. The first-order valence-corrected chi connectivity index (χ1v) is 10.4. The Morgan fingerprint density at radius 3 is 2.69 bits per heavy atom. The van der Waals surface area contributed by atoms with Gasteiger partial charge in [0, 0.05) is 18.0 Å². The number of hydrogen-bond acceptors (Lipinski definition) is 3. The zero-order valence-electron chi connectivity index (χ0n) is 16.0. The lowest BCUT2D eigenvalue weighted by Crippen LogP contribution is -2.43. The first-order chi connectivity index (χ1) is 12.8. The van der Waals surface area contributed by atoms with E-state index in [1.165, 1.54) is 44.1 Å². The monoisotopic (exact) mass is 356 g/mol. The Morgan fingerprint density at radius 2 is 2.00 bits per heavy atom. The highest BCUT2D eigenvalue weighted by molar-refractivity contribution is 5.79. The van der Waals surface area contributed by atoms with Gasteiger partial charge in [-0.1, -0.05) is 31.0 Å². The van der Waals surface area contributed by atoms with E-state index in [2.05, 4.69) is 22.3 Å². The molecule has 3 aliphatic rings. The van der Waals surface area contributed by atoms with Gasteiger partial charge in [-0.2, -0.15) is 0 Å². The van der Waals surface area contributed by atoms with Crippen LogP contribution in [0.3, 0.4) is 0 Å². The first-order valence-electron chi connectivity index (χ1n) is 10.4. The third-order valence-electron chi connectivity index (χ3n) is 6.87. The average Bonchev–Trinajstić information content (AvgIpc) is 3.33. The van der Waals surface area contributed by atoms with Crippen molar-refractivity contribution >= 4 is 5.91 Å². The van der Waals surface area contributed by atoms with Gasteiger partial charge in [0.2, 0.25) is 5.91 Å². The van der Waals surface area contributed by atoms with Crippen LogP contribution in [-0.4, -0.2) is 37.6 Å². The van der Waals surface area contributed by atoms with E-state index in [1.54, 1.807) is 7.11 Å². The normalized spacial score (nSPS) is 29.5. The maximum atomic E-state index is 12.8. The Hall–Kier alpha value is -1.55. The predicted molar refractivity (Wildman–Crippen MR) is 103 cm³/mol. The van der Waals surface area contributed by atoms with Crippen LogP contribution in [0.15, 0.2) is 24.3 Å². The number of rotatable bonds is 6. The Balaban J connectivity index is 1.47. The van der Waals surface area contributed by atoms with Crippen molar-refractivity contribution in [3.8, 4) is 5.75 Å². The van der Waals surface area contributed by atoms with Crippen molar-refractivity contribution in [1.82, 2.24) is 10.2 Å². The second-order valence-corrected chi connectivity index (χ2v) is 8.38. The number of amides is 1. The van der Waals surface area contributed by atoms with Gasteiger partial charge >= 0.3 is 0 Å². The number of fused-ring (bicyclic) bond motifs is 2. The lowest BCUT2D eigenvalue weighted by Gasteiger charge is -2.36. The van der Waals surface area contributed by atoms with Crippen LogP contribution in [-0.2, 0) is 4.79 Å². The maximum Gasteiger partial charge on any atom is 0.223 e. The number of nitrogens with one attached hydrogen (secondary N) is 1. The minimum Gasteiger partial charge on any atom is -0.496 e. The molecule has 4 nitrogen and oxygen atoms in total. The van der Waals surface area contributed by atoms with Crippen molar-refractivity contribution in [3.05, 3.63) is 29.8 Å². The molecule has 142 valence electrons. The summed E-state index contributed by atoms with van der Waals surface area (Å²) in [5.41, 5.74) is 1.20. The molecule has 1 amide bonds. The van der Waals surface area contributed by atoms with Gasteiger partial charge in [0.1, 0.15) is 5.75 Å². The molecule has 2 bridgehead atoms. The zero-order chi connectivity index (χ0) is 17.9. The Bertz CT molecular complexity index is 626. The topological polar surface area (TPSA) is 41.6 Å². The SMILES string of the molecule is COc1ccccc1[C@H](CNC(=O)[C@@H]1C[C@H]2CC[C@H]1C2)N1CCCCC1. The number of carbonyl (C=O) groups is 1. The van der Waals surface area contributed by atoms with Crippen molar-refractivity contribution < 1.29 is 9.53 Å². The number of ether oxygens (including phenoxy) is 1. The number of benzene rings is 1. The highest BCUT2D eigenvalue weighted by Gasteiger charge is 2.43. The second kappa shape index (κ2) is 7.99. The molecule has 3 fully saturated rings. The average molecular weight is 357 g/mol. The van der Waals surface area contributed by atoms with Crippen LogP contribution in [0.2, 0.25) is 0 Å². The van der Waals surface area contributed by atoms with Crippen LogP contribution < -0.4 is 10.1 Å². The van der Waals surface area contributed by atoms with E-state index in [4.69, 9.17) is 4.74 Å². The van der Waals surface area contributed by atoms with E-state index >= 15 is 0 Å². The highest BCUT2D eigenvalue weighted by Crippen LogP contribution is 2.48. The van der Waals surface area contributed by atoms with Crippen LogP contribution in [0.5, 0.6) is 5.75 Å². The van der Waals surface area contributed by atoms with E-state index in [9.17, 15) is 4.79 Å². The predicted octanol–water partition coefficient (Wildman–Crippen LogP) is 3.77. The van der Waals surface area contributed by atoms with Gasteiger partial charge in [-0.3, -0.25) is 9.69 Å². The molecule has 26 heavy (non-hydrogen) atoms. The van der Waals surface area contributed by atoms with E-state index in [0.717, 1.165) is 31.2 Å². The molecule has 4 rings (SSSR count). The summed E-state index contributed by atoms with van der Waals surface area (Å²) in [5.74, 6) is 2.92. The van der Waals surface area contributed by atoms with Gasteiger partial charge in [-0.05, 0) is 63.1 Å². The van der Waals surface area contributed by atoms with Crippen molar-refractivity contribution in [2.45, 2.75) is 51.0 Å². The van der Waals surface area contributed by atoms with Gasteiger partial charge in [0.15, 0.2) is 0 Å². The van der Waals surface area contributed by atoms with Gasteiger partial charge < -0.3 is 10.1 Å². The number of nitrogens with zero attached hydrogens (tertiary/aromatic N) is 1. The van der Waals surface area contributed by atoms with Crippen molar-refractivity contribution in [1.29, 1.82) is 0 Å². The molecule has 0 unspecified atom stereocenters. The minimum absolute atomic E-state index is 0.203. The van der Waals surface area contributed by atoms with Crippen LogP contribution in [0.4, 0.5) is 0 Å². The molecule has 4 heteroatoms. The summed E-state index contributed by atoms with van der Waals surface area (Å²) >= 11 is 0. The molecule has 1 N–H and O–H groups in total. The molecule has 1 saturated heterocycles. The fourth-order valence-corrected chi connectivity index (χ4v) is 5.50. The summed E-state index contributed by atoms with van der Waals surface area (Å²) in [6, 6.07) is 8.48. The molecule has 0 radical (unpaired) electrons. The zero-order valence-corrected chi connectivity index (χ0v) is 16.0. The molecule has 1 aliphatic heterocycles. The van der Waals surface area contributed by atoms with Crippen LogP contribution >= 0.6 is 0 Å². The molecule has 1 aromatic carbocycles. The number of carbonyl (C=O) groups excluding carboxylic acids is 1. The number of methoxy groups -OCH3 is 1. The molecule has 2 saturated carbocycles. The smallest absolute Gasteiger partial charge is 0.223 e. The Kier molecular flexibility index (Phi) is 5.49. The van der Waals surface area contributed by atoms with Crippen molar-refractivity contribution in [3.63, 3.8) is 0 Å². The number of likely N-dealkylation sites (tertiary alicyclic amines) is 1. The summed E-state index contributed by atoms with van der Waals surface area (Å²) in [4.78, 5) is 15.4. The number of para-hydroxylation sites is 1. The fourth-order valence-electron chi connectivity index (χ4n) is 5.50. The lowest BCUT2D eigenvalue weighted by atomic mass is 9.88. The first kappa shape index (κ1) is 17.8. The second-order valence-electron chi connectivity index (χ2n) is 8.38. The molecule has 2 aliphatic carbocycles. The third kappa shape index (κ3) is 3.62. The van der Waals surface area contributed by atoms with Crippen molar-refractivity contribution in [2.75, 3.05) is 26.7 Å². The largest absolute Gasteiger partial charge is 0.496 e. The summed E-state index contributed by atoms with van der Waals surface area (Å²) in [5, 5.41) is 3.32. The molecule has 4 atom stereocenters. The van der Waals surface area contributed by atoms with Crippen LogP contribution in [0.25, 0.3) is 0 Å². The molecular weight excluding hydrogens is 324 g/mol. The quantitative estimate of drug-likeness (QED) is 0.843. The van der Waals surface area contributed by atoms with E-state index < -0.39 is 0 Å². The highest BCUT2D eigenvalue weighted by atomic mass is 16.5. The fraction of sp³-hybridized carbons (Fsp3) is 0.682. The van der Waals surface area contributed by atoms with Crippen molar-refractivity contribution in [2.24, 2.45) is 17.8 Å². The lowest BCUT2D eigenvalue weighted by molar-refractivity contribution is -0.126. The van der Waals surface area contributed by atoms with E-state index in [-0.39, 0.29) is 17.9 Å². The molecule has 0 spiro atoms. The van der Waals surface area contributed by atoms with E-state index in [1.807, 2.05) is 12.1 Å². The van der Waals surface area contributed by atoms with E-state index in [0.29, 0.717) is 12.5 Å². The summed E-state index contributed by atoms with van der Waals surface area (Å²) in [7, 11) is 1.74. The molecular formula is C22H32N2O2. The minimum atomic E-state index is 0.203. The summed E-state index contributed by atoms with van der Waals surface area (Å²) in [6.07, 6.45) is 8.78. The maximum absolute atomic E-state index is 12.8.